The zero-order chi connectivity index (χ0) is 16.8. The van der Waals surface area contributed by atoms with E-state index in [1.807, 2.05) is 0 Å². The van der Waals surface area contributed by atoms with Crippen LogP contribution in [-0.4, -0.2) is 42.4 Å². The first kappa shape index (κ1) is 20.7. The Balaban J connectivity index is 0.00000288. The Bertz CT molecular complexity index is 586. The lowest BCUT2D eigenvalue weighted by Gasteiger charge is -2.36. The van der Waals surface area contributed by atoms with Gasteiger partial charge < -0.3 is 16.0 Å². The number of nitrogens with zero attached hydrogens (tertiary/aromatic N) is 1. The number of carbonyl (C=O) groups is 2. The van der Waals surface area contributed by atoms with Crippen LogP contribution in [0.3, 0.4) is 0 Å². The van der Waals surface area contributed by atoms with Crippen LogP contribution in [-0.2, 0) is 4.79 Å². The normalized spacial score (nSPS) is 17.1. The van der Waals surface area contributed by atoms with Crippen LogP contribution in [0, 0.1) is 5.82 Å². The minimum atomic E-state index is -0.587. The van der Waals surface area contributed by atoms with Crippen molar-refractivity contribution in [2.45, 2.75) is 31.7 Å². The van der Waals surface area contributed by atoms with E-state index in [9.17, 15) is 14.0 Å². The summed E-state index contributed by atoms with van der Waals surface area (Å²) in [7, 11) is 0. The summed E-state index contributed by atoms with van der Waals surface area (Å²) in [5.41, 5.74) is 5.31. The molecule has 1 heterocycles. The van der Waals surface area contributed by atoms with Crippen LogP contribution in [0.25, 0.3) is 0 Å². The summed E-state index contributed by atoms with van der Waals surface area (Å²) >= 11 is 5.87. The Hall–Kier alpha value is -1.37. The van der Waals surface area contributed by atoms with Crippen molar-refractivity contribution in [2.75, 3.05) is 19.6 Å². The molecule has 134 valence electrons. The predicted octanol–water partition coefficient (Wildman–Crippen LogP) is 2.36. The summed E-state index contributed by atoms with van der Waals surface area (Å²) in [6, 6.07) is 3.81. The van der Waals surface area contributed by atoms with Crippen LogP contribution in [0.15, 0.2) is 18.2 Å². The summed E-state index contributed by atoms with van der Waals surface area (Å²) in [5.74, 6) is -1.11. The second-order valence-electron chi connectivity index (χ2n) is 5.62. The molecule has 0 aromatic heterocycles. The van der Waals surface area contributed by atoms with E-state index in [1.54, 1.807) is 4.90 Å². The molecule has 2 amide bonds. The van der Waals surface area contributed by atoms with Gasteiger partial charge in [-0.15, -0.1) is 12.4 Å². The lowest BCUT2D eigenvalue weighted by atomic mass is 10.0. The van der Waals surface area contributed by atoms with Gasteiger partial charge in [-0.05, 0) is 37.5 Å². The molecule has 1 aromatic carbocycles. The molecule has 1 atom stereocenters. The van der Waals surface area contributed by atoms with E-state index >= 15 is 0 Å². The van der Waals surface area contributed by atoms with Gasteiger partial charge in [0, 0.05) is 37.1 Å². The molecule has 5 nitrogen and oxygen atoms in total. The fraction of sp³-hybridized carbons (Fsp3) is 0.500. The number of hydrogen-bond acceptors (Lipinski definition) is 3. The minimum Gasteiger partial charge on any atom is -0.354 e. The first-order valence-corrected chi connectivity index (χ1v) is 8.13. The fourth-order valence-corrected chi connectivity index (χ4v) is 2.92. The number of hydrogen-bond donors (Lipinski definition) is 2. The molecule has 0 aliphatic carbocycles. The molecule has 1 aliphatic heterocycles. The first-order valence-electron chi connectivity index (χ1n) is 7.75. The van der Waals surface area contributed by atoms with Gasteiger partial charge in [0.15, 0.2) is 0 Å². The maximum Gasteiger partial charge on any atom is 0.257 e. The van der Waals surface area contributed by atoms with E-state index < -0.39 is 5.82 Å². The molecule has 1 aliphatic rings. The molecule has 3 N–H and O–H groups in total. The third kappa shape index (κ3) is 5.33. The van der Waals surface area contributed by atoms with Crippen molar-refractivity contribution in [1.82, 2.24) is 10.2 Å². The Labute approximate surface area is 152 Å². The Morgan fingerprint density at radius 3 is 2.83 bits per heavy atom. The molecule has 0 bridgehead atoms. The molecular formula is C16H22Cl2FN3O2. The van der Waals surface area contributed by atoms with Gasteiger partial charge in [0.1, 0.15) is 5.82 Å². The maximum absolute atomic E-state index is 13.9. The number of benzene rings is 1. The number of nitrogens with two attached hydrogens (primary N) is 1. The maximum atomic E-state index is 13.9. The molecule has 0 saturated carbocycles. The Kier molecular flexibility index (Phi) is 8.45. The predicted molar refractivity (Wildman–Crippen MR) is 94.0 cm³/mol. The smallest absolute Gasteiger partial charge is 0.257 e. The van der Waals surface area contributed by atoms with Gasteiger partial charge in [0.05, 0.1) is 5.56 Å². The zero-order valence-electron chi connectivity index (χ0n) is 13.3. The summed E-state index contributed by atoms with van der Waals surface area (Å²) in [4.78, 5) is 25.8. The van der Waals surface area contributed by atoms with E-state index in [1.165, 1.54) is 18.2 Å². The number of rotatable bonds is 5. The van der Waals surface area contributed by atoms with Crippen molar-refractivity contribution < 1.29 is 14.0 Å². The number of amides is 2. The molecule has 0 radical (unpaired) electrons. The molecule has 2 rings (SSSR count). The van der Waals surface area contributed by atoms with Gasteiger partial charge in [0.25, 0.3) is 5.91 Å². The SMILES string of the molecule is Cl.NCCC(=O)NCC1CCCCN1C(=O)c1cc(Cl)ccc1F. The van der Waals surface area contributed by atoms with E-state index in [0.29, 0.717) is 18.1 Å². The van der Waals surface area contributed by atoms with E-state index in [-0.39, 0.29) is 48.8 Å². The van der Waals surface area contributed by atoms with Crippen molar-refractivity contribution in [3.05, 3.63) is 34.6 Å². The van der Waals surface area contributed by atoms with E-state index in [4.69, 9.17) is 17.3 Å². The number of halogens is 3. The van der Waals surface area contributed by atoms with Crippen LogP contribution < -0.4 is 11.1 Å². The molecule has 1 aromatic rings. The van der Waals surface area contributed by atoms with Gasteiger partial charge in [-0.1, -0.05) is 11.6 Å². The lowest BCUT2D eigenvalue weighted by Crippen LogP contribution is -2.49. The number of likely N-dealkylation sites (tertiary alicyclic amines) is 1. The van der Waals surface area contributed by atoms with Crippen molar-refractivity contribution in [3.8, 4) is 0 Å². The van der Waals surface area contributed by atoms with Crippen molar-refractivity contribution in [1.29, 1.82) is 0 Å². The van der Waals surface area contributed by atoms with Crippen molar-refractivity contribution >= 4 is 35.8 Å². The number of nitrogens with one attached hydrogen (secondary N) is 1. The number of carbonyl (C=O) groups excluding carboxylic acids is 2. The van der Waals surface area contributed by atoms with Gasteiger partial charge in [0.2, 0.25) is 5.91 Å². The zero-order valence-corrected chi connectivity index (χ0v) is 14.8. The topological polar surface area (TPSA) is 75.4 Å². The Morgan fingerprint density at radius 1 is 1.38 bits per heavy atom. The van der Waals surface area contributed by atoms with Gasteiger partial charge in [-0.2, -0.15) is 0 Å². The molecule has 24 heavy (non-hydrogen) atoms. The van der Waals surface area contributed by atoms with Crippen molar-refractivity contribution in [2.24, 2.45) is 5.73 Å². The average Bonchev–Trinajstić information content (AvgIpc) is 2.55. The van der Waals surface area contributed by atoms with Crippen LogP contribution in [0.1, 0.15) is 36.0 Å². The van der Waals surface area contributed by atoms with Crippen LogP contribution in [0.2, 0.25) is 5.02 Å². The molecular weight excluding hydrogens is 356 g/mol. The lowest BCUT2D eigenvalue weighted by molar-refractivity contribution is -0.121. The van der Waals surface area contributed by atoms with Gasteiger partial charge in [-0.3, -0.25) is 9.59 Å². The standard InChI is InChI=1S/C16H21ClFN3O2.ClH/c17-11-4-5-14(18)13(9-11)16(23)21-8-2-1-3-12(21)10-20-15(22)6-7-19;/h4-5,9,12H,1-3,6-8,10,19H2,(H,20,22);1H. The average molecular weight is 378 g/mol. The fourth-order valence-electron chi connectivity index (χ4n) is 2.75. The first-order chi connectivity index (χ1) is 11.0. The van der Waals surface area contributed by atoms with Crippen LogP contribution in [0.5, 0.6) is 0 Å². The summed E-state index contributed by atoms with van der Waals surface area (Å²) in [6.45, 7) is 1.18. The quantitative estimate of drug-likeness (QED) is 0.826. The molecule has 1 fully saturated rings. The third-order valence-electron chi connectivity index (χ3n) is 3.95. The second-order valence-corrected chi connectivity index (χ2v) is 6.05. The van der Waals surface area contributed by atoms with Gasteiger partial charge in [-0.25, -0.2) is 4.39 Å². The van der Waals surface area contributed by atoms with Gasteiger partial charge >= 0.3 is 0 Å². The van der Waals surface area contributed by atoms with Crippen molar-refractivity contribution in [3.63, 3.8) is 0 Å². The molecule has 0 spiro atoms. The highest BCUT2D eigenvalue weighted by Gasteiger charge is 2.29. The highest BCUT2D eigenvalue weighted by atomic mass is 35.5. The largest absolute Gasteiger partial charge is 0.354 e. The Morgan fingerprint density at radius 2 is 2.12 bits per heavy atom. The third-order valence-corrected chi connectivity index (χ3v) is 4.19. The number of piperidine rings is 1. The second kappa shape index (κ2) is 9.81. The monoisotopic (exact) mass is 377 g/mol. The summed E-state index contributed by atoms with van der Waals surface area (Å²) in [6.07, 6.45) is 2.86. The molecule has 1 saturated heterocycles. The highest BCUT2D eigenvalue weighted by Crippen LogP contribution is 2.22. The van der Waals surface area contributed by atoms with Crippen LogP contribution >= 0.6 is 24.0 Å². The summed E-state index contributed by atoms with van der Waals surface area (Å²) in [5, 5.41) is 3.10. The molecule has 8 heteroatoms. The van der Waals surface area contributed by atoms with E-state index in [0.717, 1.165) is 19.3 Å². The summed E-state index contributed by atoms with van der Waals surface area (Å²) < 4.78 is 13.9. The minimum absolute atomic E-state index is 0. The van der Waals surface area contributed by atoms with E-state index in [2.05, 4.69) is 5.32 Å². The molecule has 1 unspecified atom stereocenters. The van der Waals surface area contributed by atoms with Crippen LogP contribution in [0.4, 0.5) is 4.39 Å². The highest BCUT2D eigenvalue weighted by molar-refractivity contribution is 6.31.